The fourth-order valence-electron chi connectivity index (χ4n) is 3.15. The van der Waals surface area contributed by atoms with Gasteiger partial charge in [0.25, 0.3) is 5.91 Å². The van der Waals surface area contributed by atoms with Gasteiger partial charge in [-0.1, -0.05) is 0 Å². The number of esters is 1. The van der Waals surface area contributed by atoms with Crippen molar-refractivity contribution in [2.24, 2.45) is 5.73 Å². The number of amides is 2. The van der Waals surface area contributed by atoms with Crippen molar-refractivity contribution >= 4 is 56.4 Å². The van der Waals surface area contributed by atoms with Gasteiger partial charge < -0.3 is 31.6 Å². The zero-order chi connectivity index (χ0) is 29.2. The van der Waals surface area contributed by atoms with Gasteiger partial charge in [0.05, 0.1) is 15.7 Å². The van der Waals surface area contributed by atoms with Gasteiger partial charge in [0, 0.05) is 11.9 Å². The molecule has 6 N–H and O–H groups in total. The Kier molecular flexibility index (Phi) is 9.07. The van der Waals surface area contributed by atoms with E-state index in [0.717, 1.165) is 0 Å². The number of halogens is 4. The average Bonchev–Trinajstić information content (AvgIpc) is 2.70. The van der Waals surface area contributed by atoms with Crippen LogP contribution in [-0.2, 0) is 20.4 Å². The predicted octanol–water partition coefficient (Wildman–Crippen LogP) is 4.13. The van der Waals surface area contributed by atoms with E-state index >= 15 is 0 Å². The second-order valence-corrected chi connectivity index (χ2v) is 11.0. The number of pyridine rings is 2. The summed E-state index contributed by atoms with van der Waals surface area (Å²) in [5, 5.41) is 5.25. The lowest BCUT2D eigenvalue weighted by molar-refractivity contribution is -0.157. The van der Waals surface area contributed by atoms with E-state index in [2.05, 4.69) is 36.5 Å². The van der Waals surface area contributed by atoms with E-state index in [1.807, 2.05) is 0 Å². The second-order valence-electron chi connectivity index (χ2n) is 10.3. The van der Waals surface area contributed by atoms with E-state index in [-0.39, 0.29) is 41.1 Å². The Morgan fingerprint density at radius 1 is 1.05 bits per heavy atom. The Bertz CT molecular complexity index is 1240. The summed E-state index contributed by atoms with van der Waals surface area (Å²) in [7, 11) is 0. The molecule has 2 rings (SSSR count). The molecule has 0 unspecified atom stereocenters. The molecule has 38 heavy (non-hydrogen) atoms. The molecule has 0 bridgehead atoms. The van der Waals surface area contributed by atoms with Crippen LogP contribution in [0.3, 0.4) is 0 Å². The maximum absolute atomic E-state index is 13.7. The molecule has 0 aromatic carbocycles. The van der Waals surface area contributed by atoms with Gasteiger partial charge in [0.1, 0.15) is 23.1 Å². The molecule has 0 aliphatic carbocycles. The molecule has 0 saturated heterocycles. The molecule has 2 heterocycles. The Hall–Kier alpha value is -3.36. The molecule has 2 aromatic rings. The second kappa shape index (κ2) is 11.2. The fourth-order valence-corrected chi connectivity index (χ4v) is 3.82. The van der Waals surface area contributed by atoms with Gasteiger partial charge in [-0.15, -0.1) is 0 Å². The topological polar surface area (TPSA) is 172 Å². The van der Waals surface area contributed by atoms with E-state index in [9.17, 15) is 27.6 Å². The molecule has 0 saturated carbocycles. The summed E-state index contributed by atoms with van der Waals surface area (Å²) in [4.78, 5) is 44.2. The maximum Gasteiger partial charge on any atom is 0.434 e. The summed E-state index contributed by atoms with van der Waals surface area (Å²) in [6.45, 7) is 9.71. The molecule has 2 aromatic heterocycles. The van der Waals surface area contributed by atoms with Crippen molar-refractivity contribution in [3.8, 4) is 0 Å². The van der Waals surface area contributed by atoms with Crippen LogP contribution in [0.15, 0.2) is 10.5 Å². The normalized spacial score (nSPS) is 13.1. The van der Waals surface area contributed by atoms with Crippen LogP contribution in [0, 0.1) is 0 Å². The summed E-state index contributed by atoms with van der Waals surface area (Å²) >= 11 is 2.93. The molecule has 2 amide bonds. The van der Waals surface area contributed by atoms with Crippen molar-refractivity contribution in [3.05, 3.63) is 21.8 Å². The molecule has 210 valence electrons. The number of anilines is 2. The Morgan fingerprint density at radius 3 is 2.13 bits per heavy atom. The van der Waals surface area contributed by atoms with Gasteiger partial charge in [-0.2, -0.15) is 13.2 Å². The minimum Gasteiger partial charge on any atom is -0.458 e. The van der Waals surface area contributed by atoms with Crippen LogP contribution < -0.4 is 22.1 Å². The van der Waals surface area contributed by atoms with Crippen molar-refractivity contribution in [3.63, 3.8) is 0 Å². The number of aromatic nitrogens is 2. The molecule has 11 nitrogen and oxygen atoms in total. The minimum atomic E-state index is -4.86. The molecule has 0 aliphatic heterocycles. The van der Waals surface area contributed by atoms with E-state index in [0.29, 0.717) is 0 Å². The van der Waals surface area contributed by atoms with Crippen LogP contribution in [0.4, 0.5) is 29.5 Å². The lowest BCUT2D eigenvalue weighted by atomic mass is 10.1. The maximum atomic E-state index is 13.7. The first-order chi connectivity index (χ1) is 17.2. The number of primary amides is 1. The van der Waals surface area contributed by atoms with Gasteiger partial charge >= 0.3 is 18.2 Å². The van der Waals surface area contributed by atoms with E-state index in [1.165, 1.54) is 6.07 Å². The van der Waals surface area contributed by atoms with Crippen molar-refractivity contribution < 1.29 is 37.0 Å². The first-order valence-corrected chi connectivity index (χ1v) is 12.1. The number of carbonyl (C=O) groups is 3. The monoisotopic (exact) mass is 606 g/mol. The number of ether oxygens (including phenoxy) is 2. The number of nitrogen functional groups attached to an aromatic ring is 1. The number of alkyl carbamates (subject to hydrolysis) is 1. The zero-order valence-electron chi connectivity index (χ0n) is 21.7. The highest BCUT2D eigenvalue weighted by atomic mass is 79.9. The molecule has 15 heteroatoms. The van der Waals surface area contributed by atoms with Gasteiger partial charge in [0.2, 0.25) is 0 Å². The number of alkyl halides is 3. The van der Waals surface area contributed by atoms with Crippen LogP contribution in [0.1, 0.15) is 64.0 Å². The Balaban J connectivity index is 2.44. The summed E-state index contributed by atoms with van der Waals surface area (Å²) < 4.78 is 51.2. The van der Waals surface area contributed by atoms with Crippen molar-refractivity contribution in [1.29, 1.82) is 0 Å². The predicted molar refractivity (Wildman–Crippen MR) is 137 cm³/mol. The van der Waals surface area contributed by atoms with Crippen LogP contribution in [0.2, 0.25) is 0 Å². The lowest BCUT2D eigenvalue weighted by Crippen LogP contribution is -2.46. The number of hydrogen-bond acceptors (Lipinski definition) is 9. The number of nitrogens with two attached hydrogens (primary N) is 2. The molecular weight excluding hydrogens is 577 g/mol. The highest BCUT2D eigenvalue weighted by molar-refractivity contribution is 9.10. The number of rotatable bonds is 7. The third-order valence-electron chi connectivity index (χ3n) is 4.60. The van der Waals surface area contributed by atoms with Crippen molar-refractivity contribution in [1.82, 2.24) is 15.3 Å². The van der Waals surface area contributed by atoms with Gasteiger partial charge in [-0.05, 0) is 70.0 Å². The standard InChI is InChI=1S/C23H30BrF3N6O5/c1-21(2,3)37-19(35)12(31-20(36)38-22(4,5)6)7-8-30-14-10-9-11(17(29)34)16(28)33-18(10)32-15(13(14)24)23(25,26)27/h9,12H,7-8H2,1-6H3,(H2,29,34)(H,31,36)(H3,28,30,32,33)/t12-/m0/s1. The molecule has 0 fully saturated rings. The van der Waals surface area contributed by atoms with Gasteiger partial charge in [-0.25, -0.2) is 19.6 Å². The summed E-state index contributed by atoms with van der Waals surface area (Å²) in [6.07, 6.45) is -5.86. The van der Waals surface area contributed by atoms with Gasteiger partial charge in [-0.3, -0.25) is 4.79 Å². The number of nitrogens with one attached hydrogen (secondary N) is 2. The molecular formula is C23H30BrF3N6O5. The highest BCUT2D eigenvalue weighted by Crippen LogP contribution is 2.41. The van der Waals surface area contributed by atoms with Crippen LogP contribution >= 0.6 is 15.9 Å². The zero-order valence-corrected chi connectivity index (χ0v) is 23.3. The summed E-state index contributed by atoms with van der Waals surface area (Å²) in [5.41, 5.74) is 7.25. The molecule has 0 spiro atoms. The third-order valence-corrected chi connectivity index (χ3v) is 5.37. The Morgan fingerprint density at radius 2 is 1.63 bits per heavy atom. The number of fused-ring (bicyclic) bond motifs is 1. The number of carbonyl (C=O) groups excluding carboxylic acids is 3. The van der Waals surface area contributed by atoms with Crippen LogP contribution in [0.5, 0.6) is 0 Å². The van der Waals surface area contributed by atoms with Crippen molar-refractivity contribution in [2.75, 3.05) is 17.6 Å². The first kappa shape index (κ1) is 30.9. The minimum absolute atomic E-state index is 0.0156. The third kappa shape index (κ3) is 8.33. The SMILES string of the molecule is CC(C)(C)OC(=O)N[C@@H](CCNc1c(Br)c(C(F)(F)F)nc2nc(N)c(C(N)=O)cc12)C(=O)OC(C)(C)C. The quantitative estimate of drug-likeness (QED) is 0.338. The Labute approximate surface area is 225 Å². The molecule has 1 atom stereocenters. The van der Waals surface area contributed by atoms with E-state index in [1.54, 1.807) is 41.5 Å². The first-order valence-electron chi connectivity index (χ1n) is 11.3. The smallest absolute Gasteiger partial charge is 0.434 e. The fraction of sp³-hybridized carbons (Fsp3) is 0.522. The highest BCUT2D eigenvalue weighted by Gasteiger charge is 2.37. The summed E-state index contributed by atoms with van der Waals surface area (Å²) in [5.74, 6) is -2.10. The largest absolute Gasteiger partial charge is 0.458 e. The van der Waals surface area contributed by atoms with E-state index < -0.39 is 51.6 Å². The molecule has 0 radical (unpaired) electrons. The number of hydrogen-bond donors (Lipinski definition) is 4. The summed E-state index contributed by atoms with van der Waals surface area (Å²) in [6, 6.07) is -0.0367. The average molecular weight is 607 g/mol. The van der Waals surface area contributed by atoms with Crippen molar-refractivity contribution in [2.45, 2.75) is 71.4 Å². The number of nitrogens with zero attached hydrogens (tertiary/aromatic N) is 2. The van der Waals surface area contributed by atoms with Gasteiger partial charge in [0.15, 0.2) is 11.3 Å². The van der Waals surface area contributed by atoms with E-state index in [4.69, 9.17) is 20.9 Å². The van der Waals surface area contributed by atoms with Crippen LogP contribution in [-0.4, -0.2) is 51.7 Å². The lowest BCUT2D eigenvalue weighted by Gasteiger charge is -2.26. The molecule has 0 aliphatic rings. The van der Waals surface area contributed by atoms with Crippen LogP contribution in [0.25, 0.3) is 11.0 Å².